The van der Waals surface area contributed by atoms with Crippen LogP contribution in [0.15, 0.2) is 16.9 Å². The maximum atomic E-state index is 12.0. The lowest BCUT2D eigenvalue weighted by molar-refractivity contribution is 0.501. The molecule has 0 spiro atoms. The van der Waals surface area contributed by atoms with E-state index in [1.54, 1.807) is 10.6 Å². The molecular weight excluding hydrogens is 202 g/mol. The van der Waals surface area contributed by atoms with E-state index in [2.05, 4.69) is 13.8 Å². The molecule has 1 aromatic rings. The van der Waals surface area contributed by atoms with Crippen molar-refractivity contribution in [2.45, 2.75) is 33.7 Å². The second kappa shape index (κ2) is 4.96. The van der Waals surface area contributed by atoms with Crippen LogP contribution in [0, 0.1) is 18.3 Å². The lowest BCUT2D eigenvalue weighted by Gasteiger charge is -2.12. The van der Waals surface area contributed by atoms with Crippen LogP contribution in [0.5, 0.6) is 0 Å². The molecule has 3 N–H and O–H groups in total. The van der Waals surface area contributed by atoms with Gasteiger partial charge in [0, 0.05) is 12.2 Å². The zero-order valence-corrected chi connectivity index (χ0v) is 10.1. The summed E-state index contributed by atoms with van der Waals surface area (Å²) in [6.07, 6.45) is 0.947. The molecule has 0 amide bonds. The van der Waals surface area contributed by atoms with E-state index >= 15 is 0 Å². The summed E-state index contributed by atoms with van der Waals surface area (Å²) < 4.78 is 1.69. The van der Waals surface area contributed by atoms with Gasteiger partial charge in [0.05, 0.1) is 5.56 Å². The Bertz CT molecular complexity index is 446. The lowest BCUT2D eigenvalue weighted by atomic mass is 10.1. The van der Waals surface area contributed by atoms with Crippen molar-refractivity contribution in [2.75, 3.05) is 0 Å². The van der Waals surface area contributed by atoms with Gasteiger partial charge in [0.25, 0.3) is 5.56 Å². The summed E-state index contributed by atoms with van der Waals surface area (Å²) in [6.45, 7) is 6.82. The summed E-state index contributed by atoms with van der Waals surface area (Å²) in [5.74, 6) is 0.385. The van der Waals surface area contributed by atoms with Gasteiger partial charge in [-0.05, 0) is 31.4 Å². The van der Waals surface area contributed by atoms with Crippen LogP contribution in [-0.2, 0) is 6.54 Å². The summed E-state index contributed by atoms with van der Waals surface area (Å²) in [5.41, 5.74) is 6.40. The first-order valence-electron chi connectivity index (χ1n) is 5.48. The highest BCUT2D eigenvalue weighted by Gasteiger charge is 2.08. The molecule has 0 unspecified atom stereocenters. The largest absolute Gasteiger partial charge is 0.384 e. The lowest BCUT2D eigenvalue weighted by Crippen LogP contribution is -2.31. The van der Waals surface area contributed by atoms with E-state index in [1.165, 1.54) is 0 Å². The third-order valence-electron chi connectivity index (χ3n) is 2.61. The summed E-state index contributed by atoms with van der Waals surface area (Å²) in [7, 11) is 0. The predicted octanol–water partition coefficient (Wildman–Crippen LogP) is 1.49. The molecule has 88 valence electrons. The molecule has 0 aliphatic rings. The van der Waals surface area contributed by atoms with Gasteiger partial charge in [-0.3, -0.25) is 10.2 Å². The standard InChI is InChI=1S/C12H19N3O/c1-8(2)6-7-15-9(3)4-5-10(11(13)14)12(15)16/h4-5,8H,6-7H2,1-3H3,(H3,13,14). The Balaban J connectivity index is 3.12. The highest BCUT2D eigenvalue weighted by atomic mass is 16.1. The first-order chi connectivity index (χ1) is 7.43. The number of nitrogens with two attached hydrogens (primary N) is 1. The van der Waals surface area contributed by atoms with Crippen molar-refractivity contribution in [2.24, 2.45) is 11.7 Å². The summed E-state index contributed by atoms with van der Waals surface area (Å²) in [6, 6.07) is 3.45. The number of pyridine rings is 1. The molecule has 0 atom stereocenters. The third-order valence-corrected chi connectivity index (χ3v) is 2.61. The topological polar surface area (TPSA) is 71.9 Å². The molecular formula is C12H19N3O. The van der Waals surface area contributed by atoms with Gasteiger partial charge in [0.15, 0.2) is 0 Å². The zero-order valence-electron chi connectivity index (χ0n) is 10.1. The fourth-order valence-corrected chi connectivity index (χ4v) is 1.54. The van der Waals surface area contributed by atoms with E-state index in [9.17, 15) is 4.79 Å². The minimum atomic E-state index is -0.164. The Hall–Kier alpha value is -1.58. The van der Waals surface area contributed by atoms with Gasteiger partial charge >= 0.3 is 0 Å². The SMILES string of the molecule is Cc1ccc(C(=N)N)c(=O)n1CCC(C)C. The molecule has 0 saturated heterocycles. The zero-order chi connectivity index (χ0) is 12.3. The molecule has 0 bridgehead atoms. The van der Waals surface area contributed by atoms with Crippen molar-refractivity contribution in [3.8, 4) is 0 Å². The number of nitrogen functional groups attached to an aromatic ring is 1. The molecule has 0 saturated carbocycles. The van der Waals surface area contributed by atoms with Crippen LogP contribution in [0.3, 0.4) is 0 Å². The van der Waals surface area contributed by atoms with Gasteiger partial charge in [-0.15, -0.1) is 0 Å². The average molecular weight is 221 g/mol. The number of aromatic nitrogens is 1. The van der Waals surface area contributed by atoms with Crippen LogP contribution in [0.4, 0.5) is 0 Å². The highest BCUT2D eigenvalue weighted by Crippen LogP contribution is 2.04. The van der Waals surface area contributed by atoms with Crippen LogP contribution < -0.4 is 11.3 Å². The van der Waals surface area contributed by atoms with E-state index in [-0.39, 0.29) is 17.0 Å². The van der Waals surface area contributed by atoms with Gasteiger partial charge in [0.1, 0.15) is 5.84 Å². The number of rotatable bonds is 4. The first kappa shape index (κ1) is 12.5. The molecule has 1 heterocycles. The number of hydrogen-bond donors (Lipinski definition) is 2. The smallest absolute Gasteiger partial charge is 0.261 e. The van der Waals surface area contributed by atoms with Crippen molar-refractivity contribution in [1.82, 2.24) is 4.57 Å². The molecule has 1 aromatic heterocycles. The molecule has 4 heteroatoms. The summed E-state index contributed by atoms with van der Waals surface area (Å²) >= 11 is 0. The molecule has 1 rings (SSSR count). The van der Waals surface area contributed by atoms with E-state index < -0.39 is 0 Å². The Kier molecular flexibility index (Phi) is 3.88. The van der Waals surface area contributed by atoms with Crippen molar-refractivity contribution >= 4 is 5.84 Å². The second-order valence-electron chi connectivity index (χ2n) is 4.44. The summed E-state index contributed by atoms with van der Waals surface area (Å²) in [5, 5.41) is 7.32. The van der Waals surface area contributed by atoms with Gasteiger partial charge in [-0.1, -0.05) is 13.8 Å². The van der Waals surface area contributed by atoms with Gasteiger partial charge in [-0.25, -0.2) is 0 Å². The highest BCUT2D eigenvalue weighted by molar-refractivity contribution is 5.94. The minimum Gasteiger partial charge on any atom is -0.384 e. The number of nitrogens with zero attached hydrogens (tertiary/aromatic N) is 1. The molecule has 0 radical (unpaired) electrons. The van der Waals surface area contributed by atoms with Crippen LogP contribution in [0.25, 0.3) is 0 Å². The molecule has 16 heavy (non-hydrogen) atoms. The van der Waals surface area contributed by atoms with Gasteiger partial charge < -0.3 is 10.3 Å². The average Bonchev–Trinajstić information content (AvgIpc) is 2.16. The molecule has 4 nitrogen and oxygen atoms in total. The molecule has 0 aliphatic heterocycles. The Morgan fingerprint density at radius 2 is 2.12 bits per heavy atom. The molecule has 0 fully saturated rings. The van der Waals surface area contributed by atoms with Crippen LogP contribution in [-0.4, -0.2) is 10.4 Å². The number of aryl methyl sites for hydroxylation is 1. The minimum absolute atomic E-state index is 0.159. The van der Waals surface area contributed by atoms with E-state index in [0.717, 1.165) is 12.1 Å². The Morgan fingerprint density at radius 1 is 1.50 bits per heavy atom. The van der Waals surface area contributed by atoms with Gasteiger partial charge in [-0.2, -0.15) is 0 Å². The Morgan fingerprint density at radius 3 is 2.62 bits per heavy atom. The molecule has 0 aromatic carbocycles. The third kappa shape index (κ3) is 2.72. The molecule has 0 aliphatic carbocycles. The fourth-order valence-electron chi connectivity index (χ4n) is 1.54. The second-order valence-corrected chi connectivity index (χ2v) is 4.44. The normalized spacial score (nSPS) is 10.8. The van der Waals surface area contributed by atoms with Gasteiger partial charge in [0.2, 0.25) is 0 Å². The van der Waals surface area contributed by atoms with Crippen molar-refractivity contribution < 1.29 is 0 Å². The van der Waals surface area contributed by atoms with Crippen molar-refractivity contribution in [3.05, 3.63) is 33.7 Å². The number of amidine groups is 1. The summed E-state index contributed by atoms with van der Waals surface area (Å²) in [4.78, 5) is 12.0. The fraction of sp³-hybridized carbons (Fsp3) is 0.500. The van der Waals surface area contributed by atoms with E-state index in [4.69, 9.17) is 11.1 Å². The van der Waals surface area contributed by atoms with Crippen molar-refractivity contribution in [1.29, 1.82) is 5.41 Å². The maximum Gasteiger partial charge on any atom is 0.261 e. The maximum absolute atomic E-state index is 12.0. The van der Waals surface area contributed by atoms with Crippen LogP contribution in [0.2, 0.25) is 0 Å². The van der Waals surface area contributed by atoms with E-state index in [0.29, 0.717) is 12.5 Å². The van der Waals surface area contributed by atoms with E-state index in [1.807, 2.05) is 13.0 Å². The predicted molar refractivity (Wildman–Crippen MR) is 65.9 cm³/mol. The Labute approximate surface area is 95.6 Å². The van der Waals surface area contributed by atoms with Crippen molar-refractivity contribution in [3.63, 3.8) is 0 Å². The first-order valence-corrected chi connectivity index (χ1v) is 5.48. The van der Waals surface area contributed by atoms with Crippen LogP contribution in [0.1, 0.15) is 31.5 Å². The quantitative estimate of drug-likeness (QED) is 0.597. The number of nitrogens with one attached hydrogen (secondary N) is 1. The number of hydrogen-bond acceptors (Lipinski definition) is 2. The van der Waals surface area contributed by atoms with Crippen LogP contribution >= 0.6 is 0 Å². The monoisotopic (exact) mass is 221 g/mol.